The third-order valence-corrected chi connectivity index (χ3v) is 9.52. The van der Waals surface area contributed by atoms with Crippen LogP contribution in [0.25, 0.3) is 0 Å². The molecule has 8 heteroatoms. The second-order valence-corrected chi connectivity index (χ2v) is 14.5. The highest BCUT2D eigenvalue weighted by atomic mass is 16.5. The number of likely N-dealkylation sites (N-methyl/N-ethyl adjacent to an activating group) is 1. The summed E-state index contributed by atoms with van der Waals surface area (Å²) in [5, 5.41) is 8.54. The molecule has 0 saturated heterocycles. The predicted octanol–water partition coefficient (Wildman–Crippen LogP) is 10.4. The average molecular weight is 732 g/mol. The zero-order chi connectivity index (χ0) is 38.2. The molecule has 0 aromatic rings. The van der Waals surface area contributed by atoms with Gasteiger partial charge in [0.05, 0.1) is 6.04 Å². The van der Waals surface area contributed by atoms with Crippen LogP contribution in [0.4, 0.5) is 0 Å². The summed E-state index contributed by atoms with van der Waals surface area (Å²) in [6.45, 7) is 5.36. The number of nitrogens with one attached hydrogen (secondary N) is 3. The number of hydrogen-bond acceptors (Lipinski definition) is 5. The molecule has 3 amide bonds. The van der Waals surface area contributed by atoms with Gasteiger partial charge in [0, 0.05) is 39.5 Å². The fourth-order valence-corrected chi connectivity index (χ4v) is 6.14. The number of hydrogen-bond donors (Lipinski definition) is 3. The van der Waals surface area contributed by atoms with Gasteiger partial charge in [-0.1, -0.05) is 115 Å². The van der Waals surface area contributed by atoms with Gasteiger partial charge in [-0.25, -0.2) is 0 Å². The molecular formula is C44H81N3O5. The molecule has 0 rings (SSSR count). The van der Waals surface area contributed by atoms with Crippen molar-refractivity contribution in [2.75, 3.05) is 26.8 Å². The highest BCUT2D eigenvalue weighted by molar-refractivity contribution is 5.89. The molecule has 52 heavy (non-hydrogen) atoms. The van der Waals surface area contributed by atoms with Crippen LogP contribution in [0.3, 0.4) is 0 Å². The van der Waals surface area contributed by atoms with Crippen LogP contribution in [-0.2, 0) is 23.9 Å². The Balaban J connectivity index is 4.25. The van der Waals surface area contributed by atoms with Crippen LogP contribution in [0, 0.1) is 0 Å². The fourth-order valence-electron chi connectivity index (χ4n) is 6.14. The molecule has 0 aromatic heterocycles. The minimum Gasteiger partial charge on any atom is -0.372 e. The van der Waals surface area contributed by atoms with Crippen LogP contribution in [0.1, 0.15) is 200 Å². The summed E-state index contributed by atoms with van der Waals surface area (Å²) in [6.07, 6.45) is 39.4. The van der Waals surface area contributed by atoms with Crippen molar-refractivity contribution in [3.8, 4) is 0 Å². The molecule has 0 aromatic carbocycles. The predicted molar refractivity (Wildman–Crippen MR) is 218 cm³/mol. The fraction of sp³-hybridized carbons (Fsp3) is 0.818. The Morgan fingerprint density at radius 3 is 1.52 bits per heavy atom. The summed E-state index contributed by atoms with van der Waals surface area (Å²) in [6, 6.07) is -0.530. The molecule has 0 aliphatic heterocycles. The van der Waals surface area contributed by atoms with E-state index in [0.717, 1.165) is 57.8 Å². The van der Waals surface area contributed by atoms with Crippen LogP contribution >= 0.6 is 0 Å². The number of carbonyl (C=O) groups is 4. The van der Waals surface area contributed by atoms with Gasteiger partial charge >= 0.3 is 0 Å². The highest BCUT2D eigenvalue weighted by Crippen LogP contribution is 2.12. The maximum atomic E-state index is 13.1. The summed E-state index contributed by atoms with van der Waals surface area (Å²) in [7, 11) is 1.56. The first-order valence-electron chi connectivity index (χ1n) is 21.6. The Morgan fingerprint density at radius 1 is 0.519 bits per heavy atom. The van der Waals surface area contributed by atoms with Crippen LogP contribution in [0.15, 0.2) is 24.3 Å². The molecule has 0 radical (unpaired) electrons. The van der Waals surface area contributed by atoms with Gasteiger partial charge in [0.15, 0.2) is 5.78 Å². The van der Waals surface area contributed by atoms with Gasteiger partial charge in [-0.2, -0.15) is 0 Å². The Kier molecular flexibility index (Phi) is 37.8. The van der Waals surface area contributed by atoms with E-state index in [4.69, 9.17) is 4.74 Å². The lowest BCUT2D eigenvalue weighted by Gasteiger charge is -2.18. The first-order chi connectivity index (χ1) is 25.4. The van der Waals surface area contributed by atoms with Crippen molar-refractivity contribution in [1.29, 1.82) is 0 Å². The largest absolute Gasteiger partial charge is 0.372 e. The van der Waals surface area contributed by atoms with Crippen molar-refractivity contribution in [2.45, 2.75) is 206 Å². The van der Waals surface area contributed by atoms with Crippen molar-refractivity contribution >= 4 is 23.5 Å². The number of amides is 3. The zero-order valence-electron chi connectivity index (χ0n) is 34.1. The van der Waals surface area contributed by atoms with E-state index in [1.54, 1.807) is 7.05 Å². The van der Waals surface area contributed by atoms with Crippen LogP contribution in [0.2, 0.25) is 0 Å². The summed E-state index contributed by atoms with van der Waals surface area (Å²) >= 11 is 0. The normalized spacial score (nSPS) is 12.1. The topological polar surface area (TPSA) is 114 Å². The molecule has 0 fully saturated rings. The van der Waals surface area contributed by atoms with Gasteiger partial charge in [-0.3, -0.25) is 19.2 Å². The summed E-state index contributed by atoms with van der Waals surface area (Å²) < 4.78 is 5.34. The molecule has 8 nitrogen and oxygen atoms in total. The van der Waals surface area contributed by atoms with Crippen LogP contribution in [-0.4, -0.2) is 56.4 Å². The van der Waals surface area contributed by atoms with Gasteiger partial charge in [-0.15, -0.1) is 0 Å². The minimum atomic E-state index is -0.530. The minimum absolute atomic E-state index is 0.00206. The van der Waals surface area contributed by atoms with E-state index in [2.05, 4.69) is 54.1 Å². The Morgan fingerprint density at radius 2 is 1.00 bits per heavy atom. The number of ether oxygens (including phenoxy) is 1. The second-order valence-electron chi connectivity index (χ2n) is 14.5. The Labute approximate surface area is 319 Å². The smallest absolute Gasteiger partial charge is 0.245 e. The van der Waals surface area contributed by atoms with Gasteiger partial charge < -0.3 is 20.7 Å². The van der Waals surface area contributed by atoms with E-state index in [-0.39, 0.29) is 30.1 Å². The standard InChI is InChI=1S/C44H81N3O5/c1-4-6-8-10-12-14-16-18-20-22-24-26-28-35-42(49)46-37-31-30-33-40(41(48)34-32-38-52-39-44(51)45-3)47-43(50)36-29-27-25-23-21-19-17-15-13-11-9-7-5-2/h14-17,40H,4-13,18-39H2,1-3H3,(H,45,51)(H,46,49)(H,47,50)/b16-14-,17-15-. The zero-order valence-corrected chi connectivity index (χ0v) is 34.1. The molecule has 0 saturated carbocycles. The van der Waals surface area contributed by atoms with E-state index in [9.17, 15) is 19.2 Å². The number of unbranched alkanes of at least 4 members (excludes halogenated alkanes) is 19. The molecule has 0 heterocycles. The first kappa shape index (κ1) is 49.5. The first-order valence-corrected chi connectivity index (χ1v) is 21.6. The SMILES string of the molecule is CCCCCC/C=C\CCCCCCCC(=O)NCCCCC(NC(=O)CCCCCCC/C=C\CCCCCC)C(=O)CCCOCC(=O)NC. The molecule has 1 unspecified atom stereocenters. The summed E-state index contributed by atoms with van der Waals surface area (Å²) in [5.74, 6) is -0.172. The number of ketones is 1. The van der Waals surface area contributed by atoms with E-state index >= 15 is 0 Å². The van der Waals surface area contributed by atoms with Gasteiger partial charge in [-0.05, 0) is 89.9 Å². The average Bonchev–Trinajstić information content (AvgIpc) is 3.14. The van der Waals surface area contributed by atoms with Gasteiger partial charge in [0.1, 0.15) is 6.61 Å². The molecular weight excluding hydrogens is 651 g/mol. The lowest BCUT2D eigenvalue weighted by Crippen LogP contribution is -2.41. The number of carbonyl (C=O) groups excluding carboxylic acids is 4. The van der Waals surface area contributed by atoms with E-state index in [1.807, 2.05) is 0 Å². The van der Waals surface area contributed by atoms with Crippen molar-refractivity contribution in [1.82, 2.24) is 16.0 Å². The van der Waals surface area contributed by atoms with Crippen molar-refractivity contribution in [3.63, 3.8) is 0 Å². The molecule has 1 atom stereocenters. The lowest BCUT2D eigenvalue weighted by atomic mass is 10.0. The number of allylic oxidation sites excluding steroid dienone is 4. The van der Waals surface area contributed by atoms with Crippen molar-refractivity contribution in [2.24, 2.45) is 0 Å². The van der Waals surface area contributed by atoms with Crippen molar-refractivity contribution < 1.29 is 23.9 Å². The third kappa shape index (κ3) is 35.9. The molecule has 0 spiro atoms. The van der Waals surface area contributed by atoms with Gasteiger partial charge in [0.25, 0.3) is 0 Å². The van der Waals surface area contributed by atoms with E-state index in [1.165, 1.54) is 96.3 Å². The van der Waals surface area contributed by atoms with Crippen molar-refractivity contribution in [3.05, 3.63) is 24.3 Å². The molecule has 302 valence electrons. The molecule has 0 aliphatic rings. The quantitative estimate of drug-likeness (QED) is 0.0430. The maximum Gasteiger partial charge on any atom is 0.245 e. The lowest BCUT2D eigenvalue weighted by molar-refractivity contribution is -0.128. The monoisotopic (exact) mass is 732 g/mol. The van der Waals surface area contributed by atoms with E-state index in [0.29, 0.717) is 45.3 Å². The maximum absolute atomic E-state index is 13.1. The number of rotatable bonds is 39. The summed E-state index contributed by atoms with van der Waals surface area (Å²) in [5.41, 5.74) is 0. The molecule has 0 aliphatic carbocycles. The Hall–Kier alpha value is -2.48. The highest BCUT2D eigenvalue weighted by Gasteiger charge is 2.20. The summed E-state index contributed by atoms with van der Waals surface area (Å²) in [4.78, 5) is 49.5. The number of Topliss-reactive ketones (excluding diaryl/α,β-unsaturated/α-hetero) is 1. The molecule has 0 bridgehead atoms. The third-order valence-electron chi connectivity index (χ3n) is 9.52. The van der Waals surface area contributed by atoms with E-state index < -0.39 is 6.04 Å². The van der Waals surface area contributed by atoms with Crippen LogP contribution < -0.4 is 16.0 Å². The van der Waals surface area contributed by atoms with Crippen LogP contribution in [0.5, 0.6) is 0 Å². The molecule has 3 N–H and O–H groups in total. The van der Waals surface area contributed by atoms with Gasteiger partial charge in [0.2, 0.25) is 17.7 Å². The second kappa shape index (κ2) is 39.7. The Bertz CT molecular complexity index is 920.